The molecule has 0 aliphatic carbocycles. The topological polar surface area (TPSA) is 37.3 Å². The molecule has 1 unspecified atom stereocenters. The van der Waals surface area contributed by atoms with E-state index in [-0.39, 0.29) is 5.78 Å². The second-order valence-electron chi connectivity index (χ2n) is 3.87. The standard InChI is InChI=1S/C13H18O2/c1-11(14)7-5-6-10-13(15)12-8-3-2-4-9-12/h2-4,8-9,13,15H,5-7,10H2,1H3. The summed E-state index contributed by atoms with van der Waals surface area (Å²) >= 11 is 0. The fourth-order valence-electron chi connectivity index (χ4n) is 1.55. The maximum Gasteiger partial charge on any atom is 0.129 e. The molecular weight excluding hydrogens is 188 g/mol. The molecular formula is C13H18O2. The van der Waals surface area contributed by atoms with Crippen LogP contribution in [0, 0.1) is 0 Å². The van der Waals surface area contributed by atoms with Gasteiger partial charge in [-0.05, 0) is 25.3 Å². The van der Waals surface area contributed by atoms with Crippen molar-refractivity contribution in [1.29, 1.82) is 0 Å². The van der Waals surface area contributed by atoms with E-state index in [2.05, 4.69) is 0 Å². The SMILES string of the molecule is CC(=O)CCCCC(O)c1ccccc1. The number of carbonyl (C=O) groups excluding carboxylic acids is 1. The van der Waals surface area contributed by atoms with Crippen molar-refractivity contribution in [2.24, 2.45) is 0 Å². The number of hydrogen-bond acceptors (Lipinski definition) is 2. The van der Waals surface area contributed by atoms with Crippen LogP contribution in [0.25, 0.3) is 0 Å². The molecule has 0 amide bonds. The Hall–Kier alpha value is -1.15. The highest BCUT2D eigenvalue weighted by molar-refractivity contribution is 5.75. The molecule has 2 heteroatoms. The quantitative estimate of drug-likeness (QED) is 0.727. The average molecular weight is 206 g/mol. The molecule has 82 valence electrons. The van der Waals surface area contributed by atoms with Gasteiger partial charge in [-0.2, -0.15) is 0 Å². The van der Waals surface area contributed by atoms with Crippen molar-refractivity contribution in [2.75, 3.05) is 0 Å². The van der Waals surface area contributed by atoms with Crippen LogP contribution in [0.4, 0.5) is 0 Å². The van der Waals surface area contributed by atoms with Crippen molar-refractivity contribution in [3.05, 3.63) is 35.9 Å². The third kappa shape index (κ3) is 4.75. The lowest BCUT2D eigenvalue weighted by atomic mass is 10.0. The van der Waals surface area contributed by atoms with E-state index in [0.29, 0.717) is 6.42 Å². The number of Topliss-reactive ketones (excluding diaryl/α,β-unsaturated/α-hetero) is 1. The Bertz CT molecular complexity index is 293. The zero-order valence-corrected chi connectivity index (χ0v) is 9.15. The van der Waals surface area contributed by atoms with Gasteiger partial charge in [0.2, 0.25) is 0 Å². The largest absolute Gasteiger partial charge is 0.388 e. The monoisotopic (exact) mass is 206 g/mol. The summed E-state index contributed by atoms with van der Waals surface area (Å²) in [6.07, 6.45) is 2.74. The lowest BCUT2D eigenvalue weighted by molar-refractivity contribution is -0.117. The summed E-state index contributed by atoms with van der Waals surface area (Å²) in [5, 5.41) is 9.80. The Morgan fingerprint density at radius 2 is 1.93 bits per heavy atom. The van der Waals surface area contributed by atoms with Crippen LogP contribution in [-0.2, 0) is 4.79 Å². The molecule has 0 aliphatic heterocycles. The molecule has 0 aromatic heterocycles. The Labute approximate surface area is 90.9 Å². The Balaban J connectivity index is 2.25. The molecule has 0 aliphatic rings. The predicted molar refractivity (Wildman–Crippen MR) is 60.6 cm³/mol. The van der Waals surface area contributed by atoms with Crippen LogP contribution in [0.5, 0.6) is 0 Å². The molecule has 1 atom stereocenters. The fourth-order valence-corrected chi connectivity index (χ4v) is 1.55. The fraction of sp³-hybridized carbons (Fsp3) is 0.462. The summed E-state index contributed by atoms with van der Waals surface area (Å²) in [5.74, 6) is 0.226. The Morgan fingerprint density at radius 3 is 2.53 bits per heavy atom. The molecule has 0 fully saturated rings. The molecule has 1 rings (SSSR count). The zero-order chi connectivity index (χ0) is 11.1. The van der Waals surface area contributed by atoms with Gasteiger partial charge in [-0.1, -0.05) is 36.8 Å². The van der Waals surface area contributed by atoms with Crippen molar-refractivity contribution >= 4 is 5.78 Å². The van der Waals surface area contributed by atoms with Crippen molar-refractivity contribution < 1.29 is 9.90 Å². The lowest BCUT2D eigenvalue weighted by Gasteiger charge is -2.09. The van der Waals surface area contributed by atoms with Crippen LogP contribution in [0.15, 0.2) is 30.3 Å². The molecule has 0 spiro atoms. The molecule has 15 heavy (non-hydrogen) atoms. The molecule has 0 bridgehead atoms. The number of unbranched alkanes of at least 4 members (excludes halogenated alkanes) is 1. The van der Waals surface area contributed by atoms with Gasteiger partial charge in [-0.3, -0.25) is 0 Å². The summed E-state index contributed by atoms with van der Waals surface area (Å²) in [7, 11) is 0. The van der Waals surface area contributed by atoms with Gasteiger partial charge in [-0.15, -0.1) is 0 Å². The summed E-state index contributed by atoms with van der Waals surface area (Å²) in [6, 6.07) is 9.64. The first-order valence-electron chi connectivity index (χ1n) is 5.42. The van der Waals surface area contributed by atoms with Gasteiger partial charge in [0.25, 0.3) is 0 Å². The first-order valence-corrected chi connectivity index (χ1v) is 5.42. The Kier molecular flexibility index (Phi) is 5.05. The van der Waals surface area contributed by atoms with E-state index < -0.39 is 6.10 Å². The zero-order valence-electron chi connectivity index (χ0n) is 9.15. The van der Waals surface area contributed by atoms with Gasteiger partial charge in [0.05, 0.1) is 6.10 Å². The minimum absolute atomic E-state index is 0.226. The van der Waals surface area contributed by atoms with Crippen molar-refractivity contribution in [3.8, 4) is 0 Å². The van der Waals surface area contributed by atoms with Crippen LogP contribution in [0.2, 0.25) is 0 Å². The van der Waals surface area contributed by atoms with Crippen LogP contribution in [-0.4, -0.2) is 10.9 Å². The highest BCUT2D eigenvalue weighted by Crippen LogP contribution is 2.18. The van der Waals surface area contributed by atoms with E-state index >= 15 is 0 Å². The number of aliphatic hydroxyl groups is 1. The minimum atomic E-state index is -0.391. The molecule has 1 N–H and O–H groups in total. The second-order valence-corrected chi connectivity index (χ2v) is 3.87. The second kappa shape index (κ2) is 6.36. The van der Waals surface area contributed by atoms with E-state index in [4.69, 9.17) is 0 Å². The van der Waals surface area contributed by atoms with E-state index in [0.717, 1.165) is 24.8 Å². The van der Waals surface area contributed by atoms with Crippen LogP contribution >= 0.6 is 0 Å². The van der Waals surface area contributed by atoms with E-state index in [1.807, 2.05) is 30.3 Å². The van der Waals surface area contributed by atoms with Gasteiger partial charge < -0.3 is 9.90 Å². The van der Waals surface area contributed by atoms with Crippen LogP contribution in [0.3, 0.4) is 0 Å². The number of rotatable bonds is 6. The van der Waals surface area contributed by atoms with Gasteiger partial charge >= 0.3 is 0 Å². The number of ketones is 1. The molecule has 0 saturated heterocycles. The van der Waals surface area contributed by atoms with Crippen molar-refractivity contribution in [2.45, 2.75) is 38.7 Å². The van der Waals surface area contributed by atoms with E-state index in [1.54, 1.807) is 6.92 Å². The number of aliphatic hydroxyl groups excluding tert-OH is 1. The van der Waals surface area contributed by atoms with Gasteiger partial charge in [-0.25, -0.2) is 0 Å². The molecule has 2 nitrogen and oxygen atoms in total. The average Bonchev–Trinajstić information content (AvgIpc) is 2.25. The van der Waals surface area contributed by atoms with E-state index in [9.17, 15) is 9.90 Å². The number of benzene rings is 1. The maximum atomic E-state index is 10.7. The minimum Gasteiger partial charge on any atom is -0.388 e. The molecule has 1 aromatic rings. The first-order chi connectivity index (χ1) is 7.20. The van der Waals surface area contributed by atoms with Crippen LogP contribution < -0.4 is 0 Å². The molecule has 0 radical (unpaired) electrons. The predicted octanol–water partition coefficient (Wildman–Crippen LogP) is 2.87. The lowest BCUT2D eigenvalue weighted by Crippen LogP contribution is -1.98. The maximum absolute atomic E-state index is 10.7. The molecule has 0 heterocycles. The highest BCUT2D eigenvalue weighted by atomic mass is 16.3. The van der Waals surface area contributed by atoms with Crippen molar-refractivity contribution in [3.63, 3.8) is 0 Å². The summed E-state index contributed by atoms with van der Waals surface area (Å²) in [4.78, 5) is 10.7. The number of hydrogen-bond donors (Lipinski definition) is 1. The molecule has 1 aromatic carbocycles. The van der Waals surface area contributed by atoms with Crippen LogP contribution in [0.1, 0.15) is 44.3 Å². The summed E-state index contributed by atoms with van der Waals surface area (Å²) in [5.41, 5.74) is 0.959. The van der Waals surface area contributed by atoms with Crippen molar-refractivity contribution in [1.82, 2.24) is 0 Å². The summed E-state index contributed by atoms with van der Waals surface area (Å²) < 4.78 is 0. The van der Waals surface area contributed by atoms with Gasteiger partial charge in [0.15, 0.2) is 0 Å². The first kappa shape index (κ1) is 11.9. The van der Waals surface area contributed by atoms with E-state index in [1.165, 1.54) is 0 Å². The third-order valence-electron chi connectivity index (χ3n) is 2.44. The highest BCUT2D eigenvalue weighted by Gasteiger charge is 2.06. The molecule has 0 saturated carbocycles. The summed E-state index contributed by atoms with van der Waals surface area (Å²) in [6.45, 7) is 1.60. The van der Waals surface area contributed by atoms with Gasteiger partial charge in [0.1, 0.15) is 5.78 Å². The van der Waals surface area contributed by atoms with Gasteiger partial charge in [0, 0.05) is 6.42 Å². The Morgan fingerprint density at radius 1 is 1.27 bits per heavy atom. The third-order valence-corrected chi connectivity index (χ3v) is 2.44. The number of carbonyl (C=O) groups is 1. The smallest absolute Gasteiger partial charge is 0.129 e. The normalized spacial score (nSPS) is 12.4.